The van der Waals surface area contributed by atoms with Crippen LogP contribution in [0, 0.1) is 3.57 Å². The average Bonchev–Trinajstić information content (AvgIpc) is 2.24. The molecule has 0 radical (unpaired) electrons. The van der Waals surface area contributed by atoms with Crippen LogP contribution in [0.25, 0.3) is 0 Å². The van der Waals surface area contributed by atoms with Gasteiger partial charge in [0.2, 0.25) is 5.91 Å². The lowest BCUT2D eigenvalue weighted by Gasteiger charge is -2.05. The lowest BCUT2D eigenvalue weighted by atomic mass is 10.3. The highest BCUT2D eigenvalue weighted by molar-refractivity contribution is 14.1. The van der Waals surface area contributed by atoms with Crippen molar-refractivity contribution >= 4 is 28.5 Å². The first-order valence-corrected chi connectivity index (χ1v) is 5.89. The first-order chi connectivity index (χ1) is 7.22. The van der Waals surface area contributed by atoms with Gasteiger partial charge in [0.25, 0.3) is 0 Å². The summed E-state index contributed by atoms with van der Waals surface area (Å²) in [5.41, 5.74) is 0. The lowest BCUT2D eigenvalue weighted by Crippen LogP contribution is -2.18. The normalized spacial score (nSPS) is 9.73. The Morgan fingerprint density at radius 1 is 1.53 bits per heavy atom. The molecule has 0 aliphatic heterocycles. The van der Waals surface area contributed by atoms with Gasteiger partial charge >= 0.3 is 0 Å². The van der Waals surface area contributed by atoms with E-state index in [9.17, 15) is 4.79 Å². The minimum absolute atomic E-state index is 0.0567. The Hall–Kier alpha value is -0.780. The Morgan fingerprint density at radius 3 is 3.00 bits per heavy atom. The number of rotatable bonds is 5. The van der Waals surface area contributed by atoms with Crippen LogP contribution in [0.1, 0.15) is 12.8 Å². The zero-order valence-electron chi connectivity index (χ0n) is 8.63. The summed E-state index contributed by atoms with van der Waals surface area (Å²) in [6, 6.07) is 7.86. The van der Waals surface area contributed by atoms with Crippen molar-refractivity contribution < 1.29 is 9.53 Å². The van der Waals surface area contributed by atoms with Crippen molar-refractivity contribution in [2.45, 2.75) is 12.8 Å². The van der Waals surface area contributed by atoms with Crippen LogP contribution in [0.15, 0.2) is 24.3 Å². The average molecular weight is 319 g/mol. The molecule has 1 rings (SSSR count). The maximum Gasteiger partial charge on any atom is 0.219 e. The second kappa shape index (κ2) is 6.66. The van der Waals surface area contributed by atoms with Gasteiger partial charge < -0.3 is 10.1 Å². The van der Waals surface area contributed by atoms with Gasteiger partial charge in [-0.25, -0.2) is 0 Å². The summed E-state index contributed by atoms with van der Waals surface area (Å²) in [4.78, 5) is 10.9. The molecule has 0 saturated carbocycles. The van der Waals surface area contributed by atoms with E-state index >= 15 is 0 Å². The van der Waals surface area contributed by atoms with Crippen molar-refractivity contribution in [2.75, 3.05) is 13.7 Å². The topological polar surface area (TPSA) is 38.3 Å². The SMILES string of the molecule is CNC(=O)CCCOc1cccc(I)c1. The number of ether oxygens (including phenoxy) is 1. The molecule has 4 heteroatoms. The quantitative estimate of drug-likeness (QED) is 0.667. The summed E-state index contributed by atoms with van der Waals surface area (Å²) in [5, 5.41) is 2.58. The smallest absolute Gasteiger partial charge is 0.219 e. The predicted molar refractivity (Wildman–Crippen MR) is 68.0 cm³/mol. The van der Waals surface area contributed by atoms with Gasteiger partial charge in [-0.1, -0.05) is 6.07 Å². The molecule has 82 valence electrons. The summed E-state index contributed by atoms with van der Waals surface area (Å²) in [5.74, 6) is 0.917. The van der Waals surface area contributed by atoms with Crippen LogP contribution in [0.2, 0.25) is 0 Å². The second-order valence-corrected chi connectivity index (χ2v) is 4.33. The standard InChI is InChI=1S/C11H14INO2/c1-13-11(14)6-3-7-15-10-5-2-4-9(12)8-10/h2,4-5,8H,3,6-7H2,1H3,(H,13,14). The van der Waals surface area contributed by atoms with Gasteiger partial charge in [0.05, 0.1) is 6.61 Å². The van der Waals surface area contributed by atoms with Crippen molar-refractivity contribution in [2.24, 2.45) is 0 Å². The number of carbonyl (C=O) groups is 1. The molecule has 0 heterocycles. The number of hydrogen-bond donors (Lipinski definition) is 1. The number of halogens is 1. The van der Waals surface area contributed by atoms with Crippen molar-refractivity contribution in [1.29, 1.82) is 0 Å². The largest absolute Gasteiger partial charge is 0.494 e. The zero-order chi connectivity index (χ0) is 11.1. The van der Waals surface area contributed by atoms with Crippen molar-refractivity contribution in [3.05, 3.63) is 27.8 Å². The Balaban J connectivity index is 2.23. The highest BCUT2D eigenvalue weighted by Gasteiger charge is 1.98. The van der Waals surface area contributed by atoms with Gasteiger partial charge in [-0.2, -0.15) is 0 Å². The van der Waals surface area contributed by atoms with Crippen LogP contribution in [-0.2, 0) is 4.79 Å². The summed E-state index contributed by atoms with van der Waals surface area (Å²) in [6.45, 7) is 0.577. The summed E-state index contributed by atoms with van der Waals surface area (Å²) in [6.07, 6.45) is 1.26. The molecule has 3 nitrogen and oxygen atoms in total. The molecule has 0 spiro atoms. The van der Waals surface area contributed by atoms with E-state index in [0.717, 1.165) is 15.7 Å². The van der Waals surface area contributed by atoms with Gasteiger partial charge in [-0.15, -0.1) is 0 Å². The Labute approximate surface area is 103 Å². The Kier molecular flexibility index (Phi) is 5.45. The number of carbonyl (C=O) groups excluding carboxylic acids is 1. The molecule has 0 aromatic heterocycles. The van der Waals surface area contributed by atoms with Crippen molar-refractivity contribution in [3.8, 4) is 5.75 Å². The van der Waals surface area contributed by atoms with E-state index < -0.39 is 0 Å². The van der Waals surface area contributed by atoms with Gasteiger partial charge in [-0.05, 0) is 47.2 Å². The van der Waals surface area contributed by atoms with Gasteiger partial charge in [0.1, 0.15) is 5.75 Å². The lowest BCUT2D eigenvalue weighted by molar-refractivity contribution is -0.120. The fourth-order valence-electron chi connectivity index (χ4n) is 1.10. The van der Waals surface area contributed by atoms with Crippen LogP contribution in [0.3, 0.4) is 0 Å². The molecule has 0 atom stereocenters. The number of nitrogens with one attached hydrogen (secondary N) is 1. The van der Waals surface area contributed by atoms with Crippen LogP contribution in [-0.4, -0.2) is 19.6 Å². The predicted octanol–water partition coefficient (Wildman–Crippen LogP) is 2.20. The molecule has 0 unspecified atom stereocenters. The number of amides is 1. The van der Waals surface area contributed by atoms with E-state index in [0.29, 0.717) is 13.0 Å². The maximum atomic E-state index is 10.9. The first kappa shape index (κ1) is 12.3. The van der Waals surface area contributed by atoms with Crippen molar-refractivity contribution in [3.63, 3.8) is 0 Å². The van der Waals surface area contributed by atoms with Gasteiger partial charge in [-0.3, -0.25) is 4.79 Å². The van der Waals surface area contributed by atoms with Crippen molar-refractivity contribution in [1.82, 2.24) is 5.32 Å². The summed E-state index contributed by atoms with van der Waals surface area (Å²) in [7, 11) is 1.64. The molecule has 1 N–H and O–H groups in total. The van der Waals surface area contributed by atoms with E-state index in [2.05, 4.69) is 27.9 Å². The molecule has 15 heavy (non-hydrogen) atoms. The third-order valence-corrected chi connectivity index (χ3v) is 2.56. The molecule has 1 aromatic carbocycles. The van der Waals surface area contributed by atoms with Gasteiger partial charge in [0.15, 0.2) is 0 Å². The van der Waals surface area contributed by atoms with Crippen LogP contribution in [0.4, 0.5) is 0 Å². The van der Waals surface area contributed by atoms with E-state index in [1.807, 2.05) is 24.3 Å². The monoisotopic (exact) mass is 319 g/mol. The third-order valence-electron chi connectivity index (χ3n) is 1.89. The van der Waals surface area contributed by atoms with Crippen LogP contribution >= 0.6 is 22.6 Å². The fraction of sp³-hybridized carbons (Fsp3) is 0.364. The highest BCUT2D eigenvalue weighted by atomic mass is 127. The molecule has 0 aliphatic rings. The molecule has 1 amide bonds. The first-order valence-electron chi connectivity index (χ1n) is 4.81. The zero-order valence-corrected chi connectivity index (χ0v) is 10.8. The minimum atomic E-state index is 0.0567. The number of hydrogen-bond acceptors (Lipinski definition) is 2. The van der Waals surface area contributed by atoms with Crippen LogP contribution < -0.4 is 10.1 Å². The fourth-order valence-corrected chi connectivity index (χ4v) is 1.62. The molecule has 0 aliphatic carbocycles. The molecular weight excluding hydrogens is 305 g/mol. The van der Waals surface area contributed by atoms with E-state index in [1.54, 1.807) is 7.05 Å². The maximum absolute atomic E-state index is 10.9. The Morgan fingerprint density at radius 2 is 2.33 bits per heavy atom. The molecule has 0 bridgehead atoms. The molecule has 0 fully saturated rings. The molecular formula is C11H14INO2. The third kappa shape index (κ3) is 5.01. The minimum Gasteiger partial charge on any atom is -0.494 e. The van der Waals surface area contributed by atoms with Crippen LogP contribution in [0.5, 0.6) is 5.75 Å². The van der Waals surface area contributed by atoms with E-state index in [1.165, 1.54) is 0 Å². The Bertz CT molecular complexity index is 328. The van der Waals surface area contributed by atoms with E-state index in [-0.39, 0.29) is 5.91 Å². The highest BCUT2D eigenvalue weighted by Crippen LogP contribution is 2.14. The molecule has 1 aromatic rings. The van der Waals surface area contributed by atoms with Gasteiger partial charge in [0, 0.05) is 17.0 Å². The summed E-state index contributed by atoms with van der Waals surface area (Å²) < 4.78 is 6.65. The second-order valence-electron chi connectivity index (χ2n) is 3.08. The summed E-state index contributed by atoms with van der Waals surface area (Å²) >= 11 is 2.24. The molecule has 0 saturated heterocycles. The number of benzene rings is 1. The van der Waals surface area contributed by atoms with E-state index in [4.69, 9.17) is 4.74 Å².